The Kier molecular flexibility index (Phi) is 7.30. The van der Waals surface area contributed by atoms with Crippen LogP contribution < -0.4 is 5.32 Å². The van der Waals surface area contributed by atoms with E-state index in [2.05, 4.69) is 24.1 Å². The first-order chi connectivity index (χ1) is 13.8. The zero-order valence-corrected chi connectivity index (χ0v) is 18.2. The highest BCUT2D eigenvalue weighted by Crippen LogP contribution is 2.16. The molecule has 2 aliphatic rings. The number of benzene rings is 1. The third kappa shape index (κ3) is 5.80. The van der Waals surface area contributed by atoms with E-state index in [0.717, 1.165) is 45.6 Å². The summed E-state index contributed by atoms with van der Waals surface area (Å²) in [5, 5.41) is 2.96. The van der Waals surface area contributed by atoms with Gasteiger partial charge in [0.2, 0.25) is 5.91 Å². The molecule has 2 heterocycles. The first-order valence-electron chi connectivity index (χ1n) is 10.9. The molecule has 160 valence electrons. The first-order valence-corrected chi connectivity index (χ1v) is 10.9. The molecule has 1 aromatic carbocycles. The van der Waals surface area contributed by atoms with Crippen molar-refractivity contribution in [1.82, 2.24) is 15.1 Å². The van der Waals surface area contributed by atoms with Gasteiger partial charge in [0.15, 0.2) is 0 Å². The zero-order chi connectivity index (χ0) is 21.0. The SMILES string of the molecule is CC1CN(Cc2ccc(C(=O)N[C@H](C(=O)N3CCCC3)C(C)C)cc2)CC(C)O1. The van der Waals surface area contributed by atoms with E-state index >= 15 is 0 Å². The summed E-state index contributed by atoms with van der Waals surface area (Å²) in [7, 11) is 0. The molecule has 0 saturated carbocycles. The molecule has 6 nitrogen and oxygen atoms in total. The van der Waals surface area contributed by atoms with Gasteiger partial charge >= 0.3 is 0 Å². The predicted octanol–water partition coefficient (Wildman–Crippen LogP) is 2.67. The standard InChI is InChI=1S/C23H35N3O3/c1-16(2)21(23(28)26-11-5-6-12-26)24-22(27)20-9-7-19(8-10-20)15-25-13-17(3)29-18(4)14-25/h7-10,16-18,21H,5-6,11-15H2,1-4H3,(H,24,27)/t17?,18?,21-/m0/s1. The van der Waals surface area contributed by atoms with Gasteiger partial charge in [-0.1, -0.05) is 26.0 Å². The summed E-state index contributed by atoms with van der Waals surface area (Å²) in [4.78, 5) is 29.8. The summed E-state index contributed by atoms with van der Waals surface area (Å²) in [5.41, 5.74) is 1.77. The highest BCUT2D eigenvalue weighted by molar-refractivity contribution is 5.97. The average molecular weight is 402 g/mol. The number of morpholine rings is 1. The molecule has 2 unspecified atom stereocenters. The molecule has 3 rings (SSSR count). The Bertz CT molecular complexity index is 688. The summed E-state index contributed by atoms with van der Waals surface area (Å²) in [6.45, 7) is 12.4. The minimum atomic E-state index is -0.475. The Balaban J connectivity index is 1.59. The molecular formula is C23H35N3O3. The second-order valence-corrected chi connectivity index (χ2v) is 8.88. The number of carbonyl (C=O) groups is 2. The van der Waals surface area contributed by atoms with Gasteiger partial charge in [0.25, 0.3) is 5.91 Å². The van der Waals surface area contributed by atoms with Crippen LogP contribution in [0.3, 0.4) is 0 Å². The van der Waals surface area contributed by atoms with Gasteiger partial charge in [0, 0.05) is 38.3 Å². The zero-order valence-electron chi connectivity index (χ0n) is 18.2. The van der Waals surface area contributed by atoms with Crippen LogP contribution in [0.1, 0.15) is 56.5 Å². The number of nitrogens with one attached hydrogen (secondary N) is 1. The van der Waals surface area contributed by atoms with Gasteiger partial charge in [-0.15, -0.1) is 0 Å². The van der Waals surface area contributed by atoms with E-state index in [1.807, 2.05) is 43.0 Å². The maximum atomic E-state index is 12.8. The lowest BCUT2D eigenvalue weighted by Gasteiger charge is -2.35. The van der Waals surface area contributed by atoms with E-state index in [0.29, 0.717) is 5.56 Å². The van der Waals surface area contributed by atoms with Crippen molar-refractivity contribution in [2.24, 2.45) is 5.92 Å². The molecule has 6 heteroatoms. The number of ether oxygens (including phenoxy) is 1. The lowest BCUT2D eigenvalue weighted by molar-refractivity contribution is -0.133. The van der Waals surface area contributed by atoms with Crippen molar-refractivity contribution in [1.29, 1.82) is 0 Å². The van der Waals surface area contributed by atoms with Crippen LogP contribution in [0.15, 0.2) is 24.3 Å². The lowest BCUT2D eigenvalue weighted by Crippen LogP contribution is -2.50. The number of hydrogen-bond acceptors (Lipinski definition) is 4. The van der Waals surface area contributed by atoms with Gasteiger partial charge in [-0.25, -0.2) is 0 Å². The molecule has 0 radical (unpaired) electrons. The van der Waals surface area contributed by atoms with Gasteiger partial charge in [-0.05, 0) is 50.3 Å². The Morgan fingerprint density at radius 3 is 2.21 bits per heavy atom. The van der Waals surface area contributed by atoms with Crippen molar-refractivity contribution in [2.75, 3.05) is 26.2 Å². The summed E-state index contributed by atoms with van der Waals surface area (Å²) >= 11 is 0. The third-order valence-electron chi connectivity index (χ3n) is 5.75. The fraction of sp³-hybridized carbons (Fsp3) is 0.652. The summed E-state index contributed by atoms with van der Waals surface area (Å²) < 4.78 is 5.79. The van der Waals surface area contributed by atoms with Crippen LogP contribution in [0.4, 0.5) is 0 Å². The number of nitrogens with zero attached hydrogens (tertiary/aromatic N) is 2. The average Bonchev–Trinajstić information content (AvgIpc) is 3.19. The Hall–Kier alpha value is -1.92. The molecule has 2 amide bonds. The molecule has 29 heavy (non-hydrogen) atoms. The monoisotopic (exact) mass is 401 g/mol. The van der Waals surface area contributed by atoms with E-state index in [1.165, 1.54) is 5.56 Å². The number of rotatable bonds is 6. The lowest BCUT2D eigenvalue weighted by atomic mass is 10.0. The van der Waals surface area contributed by atoms with E-state index in [9.17, 15) is 9.59 Å². The Labute approximate surface area is 174 Å². The number of hydrogen-bond donors (Lipinski definition) is 1. The quantitative estimate of drug-likeness (QED) is 0.796. The van der Waals surface area contributed by atoms with Crippen LogP contribution in [0.25, 0.3) is 0 Å². The second-order valence-electron chi connectivity index (χ2n) is 8.88. The molecule has 0 aliphatic carbocycles. The molecule has 0 bridgehead atoms. The molecular weight excluding hydrogens is 366 g/mol. The van der Waals surface area contributed by atoms with Gasteiger partial charge in [0.05, 0.1) is 12.2 Å². The normalized spacial score (nSPS) is 24.0. The van der Waals surface area contributed by atoms with Gasteiger partial charge in [-0.2, -0.15) is 0 Å². The van der Waals surface area contributed by atoms with Crippen LogP contribution in [0, 0.1) is 5.92 Å². The summed E-state index contributed by atoms with van der Waals surface area (Å²) in [6, 6.07) is 7.25. The molecule has 0 aromatic heterocycles. The van der Waals surface area contributed by atoms with E-state index in [4.69, 9.17) is 4.74 Å². The second kappa shape index (κ2) is 9.72. The predicted molar refractivity (Wildman–Crippen MR) is 114 cm³/mol. The van der Waals surface area contributed by atoms with E-state index in [-0.39, 0.29) is 29.9 Å². The molecule has 1 N–H and O–H groups in total. The summed E-state index contributed by atoms with van der Waals surface area (Å²) in [5.74, 6) is -0.0916. The van der Waals surface area contributed by atoms with Crippen molar-refractivity contribution < 1.29 is 14.3 Å². The van der Waals surface area contributed by atoms with Crippen LogP contribution in [0.2, 0.25) is 0 Å². The third-order valence-corrected chi connectivity index (χ3v) is 5.75. The van der Waals surface area contributed by atoms with E-state index in [1.54, 1.807) is 0 Å². The number of likely N-dealkylation sites (tertiary alicyclic amines) is 1. The molecule has 0 spiro atoms. The van der Waals surface area contributed by atoms with Gasteiger partial charge in [0.1, 0.15) is 6.04 Å². The van der Waals surface area contributed by atoms with Crippen LogP contribution >= 0.6 is 0 Å². The minimum absolute atomic E-state index is 0.0398. The fourth-order valence-electron chi connectivity index (χ4n) is 4.31. The Morgan fingerprint density at radius 2 is 1.66 bits per heavy atom. The number of amides is 2. The highest BCUT2D eigenvalue weighted by atomic mass is 16.5. The Morgan fingerprint density at radius 1 is 1.07 bits per heavy atom. The van der Waals surface area contributed by atoms with Crippen LogP contribution in [-0.2, 0) is 16.1 Å². The van der Waals surface area contributed by atoms with Crippen molar-refractivity contribution >= 4 is 11.8 Å². The van der Waals surface area contributed by atoms with Crippen LogP contribution in [0.5, 0.6) is 0 Å². The van der Waals surface area contributed by atoms with Crippen molar-refractivity contribution in [2.45, 2.75) is 65.3 Å². The maximum absolute atomic E-state index is 12.8. The molecule has 2 fully saturated rings. The topological polar surface area (TPSA) is 61.9 Å². The first kappa shape index (κ1) is 21.8. The van der Waals surface area contributed by atoms with Crippen molar-refractivity contribution in [3.63, 3.8) is 0 Å². The van der Waals surface area contributed by atoms with Crippen molar-refractivity contribution in [3.05, 3.63) is 35.4 Å². The van der Waals surface area contributed by atoms with Gasteiger partial charge in [-0.3, -0.25) is 14.5 Å². The molecule has 1 aromatic rings. The van der Waals surface area contributed by atoms with Gasteiger partial charge < -0.3 is 15.0 Å². The highest BCUT2D eigenvalue weighted by Gasteiger charge is 2.30. The fourth-order valence-corrected chi connectivity index (χ4v) is 4.31. The van der Waals surface area contributed by atoms with Crippen molar-refractivity contribution in [3.8, 4) is 0 Å². The maximum Gasteiger partial charge on any atom is 0.251 e. The van der Waals surface area contributed by atoms with Crippen LogP contribution in [-0.4, -0.2) is 66.0 Å². The summed E-state index contributed by atoms with van der Waals surface area (Å²) in [6.07, 6.45) is 2.58. The minimum Gasteiger partial charge on any atom is -0.373 e. The molecule has 3 atom stereocenters. The molecule has 2 saturated heterocycles. The molecule has 2 aliphatic heterocycles. The number of carbonyl (C=O) groups excluding carboxylic acids is 2. The smallest absolute Gasteiger partial charge is 0.251 e. The largest absolute Gasteiger partial charge is 0.373 e. The van der Waals surface area contributed by atoms with E-state index < -0.39 is 6.04 Å².